The van der Waals surface area contributed by atoms with Crippen LogP contribution in [0.2, 0.25) is 0 Å². The molecule has 0 aliphatic heterocycles. The number of carbonyl (C=O) groups excluding carboxylic acids is 1. The molecule has 0 aromatic heterocycles. The number of esters is 1. The summed E-state index contributed by atoms with van der Waals surface area (Å²) < 4.78 is 5.16. The van der Waals surface area contributed by atoms with Gasteiger partial charge in [0.2, 0.25) is 0 Å². The number of carbonyl (C=O) groups is 1. The third kappa shape index (κ3) is 5.45. The van der Waals surface area contributed by atoms with Crippen LogP contribution < -0.4 is 5.32 Å². The Kier molecular flexibility index (Phi) is 5.08. The molecule has 0 aliphatic rings. The van der Waals surface area contributed by atoms with Crippen molar-refractivity contribution in [2.45, 2.75) is 39.2 Å². The van der Waals surface area contributed by atoms with Crippen LogP contribution in [0.1, 0.15) is 33.3 Å². The van der Waals surface area contributed by atoms with Crippen molar-refractivity contribution in [1.82, 2.24) is 0 Å². The summed E-state index contributed by atoms with van der Waals surface area (Å²) in [6.45, 7) is 7.93. The quantitative estimate of drug-likeness (QED) is 0.487. The van der Waals surface area contributed by atoms with E-state index >= 15 is 0 Å². The van der Waals surface area contributed by atoms with Crippen molar-refractivity contribution in [2.75, 3.05) is 5.32 Å². The lowest BCUT2D eigenvalue weighted by Gasteiger charge is -2.21. The van der Waals surface area contributed by atoms with Crippen molar-refractivity contribution in [3.05, 3.63) is 29.8 Å². The molecular weight excluding hydrogens is 246 g/mol. The van der Waals surface area contributed by atoms with E-state index in [1.54, 1.807) is 0 Å². The van der Waals surface area contributed by atoms with Crippen LogP contribution in [0.15, 0.2) is 24.3 Å². The van der Waals surface area contributed by atoms with Crippen molar-refractivity contribution in [3.8, 4) is 0 Å². The fourth-order valence-corrected chi connectivity index (χ4v) is 1.49. The van der Waals surface area contributed by atoms with E-state index in [1.165, 1.54) is 0 Å². The second kappa shape index (κ2) is 6.14. The van der Waals surface area contributed by atoms with Crippen LogP contribution in [-0.4, -0.2) is 10.8 Å². The lowest BCUT2D eigenvalue weighted by molar-refractivity contribution is -0.148. The molecule has 0 radical (unpaired) electrons. The average molecular weight is 267 g/mol. The number of anilines is 1. The van der Waals surface area contributed by atoms with Gasteiger partial charge in [0.1, 0.15) is 6.61 Å². The van der Waals surface area contributed by atoms with E-state index in [2.05, 4.69) is 17.9 Å². The summed E-state index contributed by atoms with van der Waals surface area (Å²) in [5.41, 5.74) is 1.97. The Hall–Kier alpha value is -1.16. The van der Waals surface area contributed by atoms with Gasteiger partial charge in [-0.15, -0.1) is 0 Å². The zero-order chi connectivity index (χ0) is 13.8. The molecule has 1 aromatic carbocycles. The Bertz CT molecular complexity index is 393. The van der Waals surface area contributed by atoms with Gasteiger partial charge in [-0.25, -0.2) is 0 Å². The topological polar surface area (TPSA) is 38.3 Å². The first kappa shape index (κ1) is 14.9. The second-order valence-electron chi connectivity index (χ2n) is 5.14. The SMILES string of the molecule is CC(C)C(=O)OCc1ccc(NC(C)(C)S)cc1. The van der Waals surface area contributed by atoms with E-state index in [1.807, 2.05) is 52.0 Å². The van der Waals surface area contributed by atoms with Gasteiger partial charge < -0.3 is 10.1 Å². The minimum Gasteiger partial charge on any atom is -0.461 e. The number of hydrogen-bond donors (Lipinski definition) is 2. The fourth-order valence-electron chi connectivity index (χ4n) is 1.36. The van der Waals surface area contributed by atoms with Crippen LogP contribution in [0.5, 0.6) is 0 Å². The maximum Gasteiger partial charge on any atom is 0.308 e. The van der Waals surface area contributed by atoms with E-state index in [4.69, 9.17) is 4.74 Å². The Labute approximate surface area is 114 Å². The number of rotatable bonds is 5. The number of benzene rings is 1. The predicted molar refractivity (Wildman–Crippen MR) is 77.8 cm³/mol. The Morgan fingerprint density at radius 2 is 1.89 bits per heavy atom. The molecule has 1 rings (SSSR count). The summed E-state index contributed by atoms with van der Waals surface area (Å²) >= 11 is 4.40. The maximum atomic E-state index is 11.3. The van der Waals surface area contributed by atoms with Gasteiger partial charge in [-0.1, -0.05) is 26.0 Å². The van der Waals surface area contributed by atoms with Crippen molar-refractivity contribution in [1.29, 1.82) is 0 Å². The van der Waals surface area contributed by atoms with Gasteiger partial charge in [0.05, 0.1) is 10.8 Å². The highest BCUT2D eigenvalue weighted by atomic mass is 32.1. The third-order valence-electron chi connectivity index (χ3n) is 2.26. The van der Waals surface area contributed by atoms with Gasteiger partial charge >= 0.3 is 5.97 Å². The zero-order valence-electron chi connectivity index (χ0n) is 11.4. The summed E-state index contributed by atoms with van der Waals surface area (Å²) in [6.07, 6.45) is 0. The Morgan fingerprint density at radius 3 is 2.33 bits per heavy atom. The van der Waals surface area contributed by atoms with Crippen molar-refractivity contribution >= 4 is 24.3 Å². The fraction of sp³-hybridized carbons (Fsp3) is 0.500. The van der Waals surface area contributed by atoms with Crippen LogP contribution in [0, 0.1) is 5.92 Å². The van der Waals surface area contributed by atoms with E-state index in [0.717, 1.165) is 11.3 Å². The van der Waals surface area contributed by atoms with Gasteiger partial charge in [-0.05, 0) is 31.5 Å². The maximum absolute atomic E-state index is 11.3. The molecule has 1 aromatic rings. The summed E-state index contributed by atoms with van der Waals surface area (Å²) in [5, 5.41) is 3.25. The largest absolute Gasteiger partial charge is 0.461 e. The normalized spacial score (nSPS) is 11.4. The Balaban J connectivity index is 2.53. The smallest absolute Gasteiger partial charge is 0.308 e. The molecule has 0 heterocycles. The number of ether oxygens (including phenoxy) is 1. The van der Waals surface area contributed by atoms with Gasteiger partial charge in [0.15, 0.2) is 0 Å². The molecule has 1 N–H and O–H groups in total. The van der Waals surface area contributed by atoms with E-state index < -0.39 is 0 Å². The summed E-state index contributed by atoms with van der Waals surface area (Å²) in [6, 6.07) is 7.79. The number of thiol groups is 1. The molecule has 0 fully saturated rings. The van der Waals surface area contributed by atoms with Crippen molar-refractivity contribution in [2.24, 2.45) is 5.92 Å². The molecule has 0 atom stereocenters. The number of nitrogens with one attached hydrogen (secondary N) is 1. The molecule has 100 valence electrons. The van der Waals surface area contributed by atoms with Gasteiger partial charge in [-0.3, -0.25) is 4.79 Å². The molecule has 0 bridgehead atoms. The zero-order valence-corrected chi connectivity index (χ0v) is 12.3. The Morgan fingerprint density at radius 1 is 1.33 bits per heavy atom. The first-order chi connectivity index (χ1) is 8.28. The average Bonchev–Trinajstić information content (AvgIpc) is 2.25. The molecule has 0 saturated heterocycles. The third-order valence-corrected chi connectivity index (χ3v) is 2.37. The molecule has 3 nitrogen and oxygen atoms in total. The van der Waals surface area contributed by atoms with E-state index in [0.29, 0.717) is 6.61 Å². The summed E-state index contributed by atoms with van der Waals surface area (Å²) in [4.78, 5) is 11.1. The monoisotopic (exact) mass is 267 g/mol. The van der Waals surface area contributed by atoms with Gasteiger partial charge in [0, 0.05) is 5.69 Å². The lowest BCUT2D eigenvalue weighted by Crippen LogP contribution is -2.22. The van der Waals surface area contributed by atoms with Crippen LogP contribution in [0.25, 0.3) is 0 Å². The van der Waals surface area contributed by atoms with Crippen LogP contribution in [-0.2, 0) is 16.1 Å². The van der Waals surface area contributed by atoms with Gasteiger partial charge in [0.25, 0.3) is 0 Å². The summed E-state index contributed by atoms with van der Waals surface area (Å²) in [5.74, 6) is -0.260. The first-order valence-electron chi connectivity index (χ1n) is 6.04. The predicted octanol–water partition coefficient (Wildman–Crippen LogP) is 3.46. The first-order valence-corrected chi connectivity index (χ1v) is 6.49. The molecule has 0 spiro atoms. The van der Waals surface area contributed by atoms with E-state index in [-0.39, 0.29) is 16.8 Å². The minimum absolute atomic E-state index is 0.0871. The van der Waals surface area contributed by atoms with Crippen molar-refractivity contribution < 1.29 is 9.53 Å². The van der Waals surface area contributed by atoms with Crippen LogP contribution >= 0.6 is 12.6 Å². The minimum atomic E-state index is -0.258. The molecule has 0 saturated carbocycles. The molecule has 0 amide bonds. The summed E-state index contributed by atoms with van der Waals surface area (Å²) in [7, 11) is 0. The molecule has 18 heavy (non-hydrogen) atoms. The second-order valence-corrected chi connectivity index (χ2v) is 6.26. The lowest BCUT2D eigenvalue weighted by atomic mass is 10.2. The van der Waals surface area contributed by atoms with Crippen LogP contribution in [0.3, 0.4) is 0 Å². The molecular formula is C14H21NO2S. The molecule has 4 heteroatoms. The highest BCUT2D eigenvalue weighted by molar-refractivity contribution is 7.81. The van der Waals surface area contributed by atoms with Crippen LogP contribution in [0.4, 0.5) is 5.69 Å². The standard InChI is InChI=1S/C14H21NO2S/c1-10(2)13(16)17-9-11-5-7-12(8-6-11)15-14(3,4)18/h5-8,10,15,18H,9H2,1-4H3. The number of hydrogen-bond acceptors (Lipinski definition) is 4. The van der Waals surface area contributed by atoms with Gasteiger partial charge in [-0.2, -0.15) is 12.6 Å². The molecule has 0 aliphatic carbocycles. The molecule has 0 unspecified atom stereocenters. The highest BCUT2D eigenvalue weighted by Crippen LogP contribution is 2.18. The van der Waals surface area contributed by atoms with Crippen molar-refractivity contribution in [3.63, 3.8) is 0 Å². The van der Waals surface area contributed by atoms with E-state index in [9.17, 15) is 4.79 Å². The highest BCUT2D eigenvalue weighted by Gasteiger charge is 2.10.